The number of benzene rings is 3. The average Bonchev–Trinajstić information content (AvgIpc) is 2.83. The molecule has 0 bridgehead atoms. The Labute approximate surface area is 197 Å². The van der Waals surface area contributed by atoms with E-state index in [2.05, 4.69) is 10.6 Å². The van der Waals surface area contributed by atoms with Gasteiger partial charge in [-0.05, 0) is 48.9 Å². The summed E-state index contributed by atoms with van der Waals surface area (Å²) in [7, 11) is 1.29. The molecule has 3 rings (SSSR count). The fraction of sp³-hybridized carbons (Fsp3) is 0.115. The lowest BCUT2D eigenvalue weighted by Gasteiger charge is -2.14. The molecule has 0 aromatic heterocycles. The predicted octanol–water partition coefficient (Wildman–Crippen LogP) is 5.24. The Balaban J connectivity index is 1.60. The number of para-hydroxylation sites is 1. The number of ether oxygens (including phenoxy) is 1. The van der Waals surface area contributed by atoms with Crippen LogP contribution in [0.5, 0.6) is 0 Å². The van der Waals surface area contributed by atoms with Crippen molar-refractivity contribution in [2.45, 2.75) is 17.1 Å². The molecule has 7 heteroatoms. The van der Waals surface area contributed by atoms with E-state index < -0.39 is 11.2 Å². The number of hydrogen-bond donors (Lipinski definition) is 2. The van der Waals surface area contributed by atoms with Crippen LogP contribution in [0.4, 0.5) is 11.4 Å². The summed E-state index contributed by atoms with van der Waals surface area (Å²) in [4.78, 5) is 37.7. The van der Waals surface area contributed by atoms with Gasteiger partial charge in [0.15, 0.2) is 0 Å². The molecule has 0 radical (unpaired) electrons. The van der Waals surface area contributed by atoms with Crippen LogP contribution in [0.25, 0.3) is 6.08 Å². The molecule has 0 aliphatic rings. The normalized spacial score (nSPS) is 11.6. The van der Waals surface area contributed by atoms with E-state index >= 15 is 0 Å². The summed E-state index contributed by atoms with van der Waals surface area (Å²) < 4.78 is 4.77. The standard InChI is InChI=1S/C26H24N2O4S/c1-18(25(30)28-23-14-7-6-13-22(23)26(31)32-2)33-21-12-8-11-20(17-21)27-24(29)16-15-19-9-4-3-5-10-19/h3-18H,1-2H3,(H,27,29)(H,28,30)/b16-15+. The second-order valence-corrected chi connectivity index (χ2v) is 8.46. The molecule has 0 saturated heterocycles. The highest BCUT2D eigenvalue weighted by atomic mass is 32.2. The van der Waals surface area contributed by atoms with Crippen molar-refractivity contribution < 1.29 is 19.1 Å². The van der Waals surface area contributed by atoms with Crippen molar-refractivity contribution in [3.63, 3.8) is 0 Å². The number of carbonyl (C=O) groups is 3. The largest absolute Gasteiger partial charge is 0.465 e. The first-order chi connectivity index (χ1) is 16.0. The first kappa shape index (κ1) is 23.8. The number of esters is 1. The third-order valence-corrected chi connectivity index (χ3v) is 5.69. The topological polar surface area (TPSA) is 84.5 Å². The van der Waals surface area contributed by atoms with E-state index in [1.54, 1.807) is 43.3 Å². The molecule has 2 amide bonds. The van der Waals surface area contributed by atoms with Crippen LogP contribution in [0.3, 0.4) is 0 Å². The second kappa shape index (κ2) is 11.7. The lowest BCUT2D eigenvalue weighted by atomic mass is 10.2. The minimum Gasteiger partial charge on any atom is -0.465 e. The summed E-state index contributed by atoms with van der Waals surface area (Å²) in [5.74, 6) is -1.02. The van der Waals surface area contributed by atoms with Crippen LogP contribution in [0.2, 0.25) is 0 Å². The van der Waals surface area contributed by atoms with Gasteiger partial charge in [-0.3, -0.25) is 9.59 Å². The van der Waals surface area contributed by atoms with Crippen molar-refractivity contribution in [1.82, 2.24) is 0 Å². The summed E-state index contributed by atoms with van der Waals surface area (Å²) in [6, 6.07) is 23.5. The molecule has 0 heterocycles. The Morgan fingerprint density at radius 2 is 1.64 bits per heavy atom. The van der Waals surface area contributed by atoms with Gasteiger partial charge in [-0.15, -0.1) is 11.8 Å². The smallest absolute Gasteiger partial charge is 0.339 e. The molecule has 1 atom stereocenters. The quantitative estimate of drug-likeness (QED) is 0.273. The number of amides is 2. The Bertz CT molecular complexity index is 1160. The van der Waals surface area contributed by atoms with Gasteiger partial charge in [0, 0.05) is 16.7 Å². The molecule has 3 aromatic carbocycles. The monoisotopic (exact) mass is 460 g/mol. The van der Waals surface area contributed by atoms with Crippen LogP contribution in [0.15, 0.2) is 89.8 Å². The van der Waals surface area contributed by atoms with E-state index in [-0.39, 0.29) is 11.8 Å². The van der Waals surface area contributed by atoms with E-state index in [1.165, 1.54) is 24.9 Å². The van der Waals surface area contributed by atoms with Crippen molar-refractivity contribution in [2.75, 3.05) is 17.7 Å². The van der Waals surface area contributed by atoms with E-state index in [0.29, 0.717) is 16.9 Å². The maximum Gasteiger partial charge on any atom is 0.339 e. The fourth-order valence-corrected chi connectivity index (χ4v) is 3.87. The third-order valence-electron chi connectivity index (χ3n) is 4.60. The molecule has 0 aliphatic carbocycles. The molecule has 33 heavy (non-hydrogen) atoms. The SMILES string of the molecule is COC(=O)c1ccccc1NC(=O)C(C)Sc1cccc(NC(=O)/C=C/c2ccccc2)c1. The summed E-state index contributed by atoms with van der Waals surface area (Å²) in [6.07, 6.45) is 3.22. The predicted molar refractivity (Wildman–Crippen MR) is 132 cm³/mol. The van der Waals surface area contributed by atoms with Crippen molar-refractivity contribution in [3.8, 4) is 0 Å². The molecule has 0 aliphatic heterocycles. The van der Waals surface area contributed by atoms with Crippen LogP contribution in [0, 0.1) is 0 Å². The molecule has 1 unspecified atom stereocenters. The van der Waals surface area contributed by atoms with E-state index in [0.717, 1.165) is 10.5 Å². The van der Waals surface area contributed by atoms with E-state index in [1.807, 2.05) is 48.5 Å². The summed E-state index contributed by atoms with van der Waals surface area (Å²) in [6.45, 7) is 1.77. The average molecular weight is 461 g/mol. The van der Waals surface area contributed by atoms with Gasteiger partial charge in [-0.25, -0.2) is 4.79 Å². The number of carbonyl (C=O) groups excluding carboxylic acids is 3. The summed E-state index contributed by atoms with van der Waals surface area (Å²) >= 11 is 1.34. The van der Waals surface area contributed by atoms with Crippen molar-refractivity contribution in [2.24, 2.45) is 0 Å². The second-order valence-electron chi connectivity index (χ2n) is 7.05. The number of thioether (sulfide) groups is 1. The molecular formula is C26H24N2O4S. The number of methoxy groups -OCH3 is 1. The zero-order chi connectivity index (χ0) is 23.6. The van der Waals surface area contributed by atoms with Gasteiger partial charge < -0.3 is 15.4 Å². The summed E-state index contributed by atoms with van der Waals surface area (Å²) in [5.41, 5.74) is 2.25. The maximum atomic E-state index is 12.7. The highest BCUT2D eigenvalue weighted by Crippen LogP contribution is 2.27. The van der Waals surface area contributed by atoms with Crippen molar-refractivity contribution >= 4 is 47.0 Å². The van der Waals surface area contributed by atoms with Crippen LogP contribution in [-0.4, -0.2) is 30.1 Å². The third kappa shape index (κ3) is 7.08. The van der Waals surface area contributed by atoms with Crippen molar-refractivity contribution in [3.05, 3.63) is 96.1 Å². The minimum atomic E-state index is -0.518. The van der Waals surface area contributed by atoms with Gasteiger partial charge in [0.2, 0.25) is 11.8 Å². The van der Waals surface area contributed by atoms with E-state index in [4.69, 9.17) is 4.74 Å². The zero-order valence-electron chi connectivity index (χ0n) is 18.3. The van der Waals surface area contributed by atoms with Gasteiger partial charge in [0.25, 0.3) is 0 Å². The molecule has 0 fully saturated rings. The molecular weight excluding hydrogens is 436 g/mol. The highest BCUT2D eigenvalue weighted by Gasteiger charge is 2.18. The first-order valence-corrected chi connectivity index (χ1v) is 11.1. The number of anilines is 2. The van der Waals surface area contributed by atoms with Crippen molar-refractivity contribution in [1.29, 1.82) is 0 Å². The van der Waals surface area contributed by atoms with E-state index in [9.17, 15) is 14.4 Å². The Morgan fingerprint density at radius 3 is 2.39 bits per heavy atom. The molecule has 168 valence electrons. The zero-order valence-corrected chi connectivity index (χ0v) is 19.1. The Morgan fingerprint density at radius 1 is 0.909 bits per heavy atom. The summed E-state index contributed by atoms with van der Waals surface area (Å²) in [5, 5.41) is 5.17. The van der Waals surface area contributed by atoms with Gasteiger partial charge >= 0.3 is 5.97 Å². The van der Waals surface area contributed by atoms with Crippen LogP contribution in [0.1, 0.15) is 22.8 Å². The molecule has 6 nitrogen and oxygen atoms in total. The first-order valence-electron chi connectivity index (χ1n) is 10.3. The lowest BCUT2D eigenvalue weighted by molar-refractivity contribution is -0.115. The van der Waals surface area contributed by atoms with Gasteiger partial charge in [0.05, 0.1) is 23.6 Å². The molecule has 3 aromatic rings. The lowest BCUT2D eigenvalue weighted by Crippen LogP contribution is -2.23. The van der Waals surface area contributed by atoms with Crippen LogP contribution >= 0.6 is 11.8 Å². The molecule has 0 saturated carbocycles. The number of nitrogens with one attached hydrogen (secondary N) is 2. The number of hydrogen-bond acceptors (Lipinski definition) is 5. The maximum absolute atomic E-state index is 12.7. The number of rotatable bonds is 8. The van der Waals surface area contributed by atoms with Gasteiger partial charge in [0.1, 0.15) is 0 Å². The molecule has 2 N–H and O–H groups in total. The minimum absolute atomic E-state index is 0.244. The van der Waals surface area contributed by atoms with Gasteiger partial charge in [-0.2, -0.15) is 0 Å². The molecule has 0 spiro atoms. The Hall–Kier alpha value is -3.84. The fourth-order valence-electron chi connectivity index (χ4n) is 2.94. The van der Waals surface area contributed by atoms with Gasteiger partial charge in [-0.1, -0.05) is 48.5 Å². The van der Waals surface area contributed by atoms with Crippen LogP contribution in [-0.2, 0) is 14.3 Å². The highest BCUT2D eigenvalue weighted by molar-refractivity contribution is 8.00. The van der Waals surface area contributed by atoms with Crippen LogP contribution < -0.4 is 10.6 Å². The Kier molecular flexibility index (Phi) is 8.43.